The highest BCUT2D eigenvalue weighted by atomic mass is 32.2. The van der Waals surface area contributed by atoms with E-state index in [4.69, 9.17) is 4.74 Å². The van der Waals surface area contributed by atoms with Crippen LogP contribution in [0.15, 0.2) is 53.4 Å². The molecule has 0 unspecified atom stereocenters. The summed E-state index contributed by atoms with van der Waals surface area (Å²) >= 11 is 0.446. The maximum absolute atomic E-state index is 12.4. The Hall–Kier alpha value is -2.94. The number of ether oxygens (including phenoxy) is 1. The van der Waals surface area contributed by atoms with Gasteiger partial charge in [-0.05, 0) is 42.8 Å². The van der Waals surface area contributed by atoms with Crippen LogP contribution in [-0.2, 0) is 14.3 Å². The third kappa shape index (κ3) is 5.54. The molecule has 0 aromatic heterocycles. The molecule has 0 aliphatic carbocycles. The molecule has 1 heterocycles. The SMILES string of the molecule is O=C(OCC(=O)N1CCCC1=O)c1ccccc1Nc1ccc(SC(F)F)cc1. The van der Waals surface area contributed by atoms with E-state index in [1.165, 1.54) is 6.07 Å². The van der Waals surface area contributed by atoms with E-state index >= 15 is 0 Å². The third-order valence-corrected chi connectivity index (χ3v) is 4.93. The number of benzene rings is 2. The Labute approximate surface area is 170 Å². The second kappa shape index (κ2) is 9.51. The van der Waals surface area contributed by atoms with Gasteiger partial charge < -0.3 is 10.1 Å². The number of anilines is 2. The van der Waals surface area contributed by atoms with Gasteiger partial charge in [0.15, 0.2) is 6.61 Å². The lowest BCUT2D eigenvalue weighted by atomic mass is 10.1. The quantitative estimate of drug-likeness (QED) is 0.538. The summed E-state index contributed by atoms with van der Waals surface area (Å²) in [4.78, 5) is 37.6. The molecule has 2 amide bonds. The summed E-state index contributed by atoms with van der Waals surface area (Å²) in [6, 6.07) is 12.9. The largest absolute Gasteiger partial charge is 0.452 e. The van der Waals surface area contributed by atoms with E-state index in [1.807, 2.05) is 0 Å². The molecule has 1 N–H and O–H groups in total. The number of rotatable bonds is 7. The van der Waals surface area contributed by atoms with Crippen LogP contribution >= 0.6 is 11.8 Å². The number of nitrogens with zero attached hydrogens (tertiary/aromatic N) is 1. The molecule has 1 saturated heterocycles. The normalized spacial score (nSPS) is 13.6. The van der Waals surface area contributed by atoms with Crippen LogP contribution in [0.1, 0.15) is 23.2 Å². The summed E-state index contributed by atoms with van der Waals surface area (Å²) in [5.41, 5.74) is 1.25. The minimum Gasteiger partial charge on any atom is -0.452 e. The van der Waals surface area contributed by atoms with Crippen LogP contribution in [0.25, 0.3) is 0 Å². The number of halogens is 2. The molecule has 6 nitrogen and oxygen atoms in total. The molecule has 0 atom stereocenters. The Balaban J connectivity index is 1.64. The number of imide groups is 1. The first-order chi connectivity index (χ1) is 13.9. The van der Waals surface area contributed by atoms with Crippen LogP contribution in [0.5, 0.6) is 0 Å². The number of nitrogens with one attached hydrogen (secondary N) is 1. The van der Waals surface area contributed by atoms with Gasteiger partial charge in [0.1, 0.15) is 0 Å². The molecule has 1 aliphatic heterocycles. The van der Waals surface area contributed by atoms with Crippen LogP contribution in [0, 0.1) is 0 Å². The van der Waals surface area contributed by atoms with Crippen molar-refractivity contribution in [3.8, 4) is 0 Å². The maximum Gasteiger partial charge on any atom is 0.340 e. The summed E-state index contributed by atoms with van der Waals surface area (Å²) in [6.45, 7) is -0.175. The maximum atomic E-state index is 12.4. The molecule has 29 heavy (non-hydrogen) atoms. The van der Waals surface area contributed by atoms with Gasteiger partial charge in [-0.25, -0.2) is 4.79 Å². The molecule has 9 heteroatoms. The van der Waals surface area contributed by atoms with Gasteiger partial charge in [0.2, 0.25) is 5.91 Å². The van der Waals surface area contributed by atoms with Crippen LogP contribution in [0.3, 0.4) is 0 Å². The fourth-order valence-corrected chi connectivity index (χ4v) is 3.34. The number of hydrogen-bond donors (Lipinski definition) is 1. The highest BCUT2D eigenvalue weighted by molar-refractivity contribution is 7.99. The molecule has 0 radical (unpaired) electrons. The van der Waals surface area contributed by atoms with Crippen molar-refractivity contribution in [2.45, 2.75) is 23.5 Å². The van der Waals surface area contributed by atoms with Gasteiger partial charge >= 0.3 is 5.97 Å². The Morgan fingerprint density at radius 3 is 2.52 bits per heavy atom. The van der Waals surface area contributed by atoms with Crippen LogP contribution in [0.4, 0.5) is 20.2 Å². The van der Waals surface area contributed by atoms with Crippen molar-refractivity contribution >= 4 is 40.9 Å². The van der Waals surface area contributed by atoms with Crippen molar-refractivity contribution in [2.24, 2.45) is 0 Å². The number of alkyl halides is 2. The summed E-state index contributed by atoms with van der Waals surface area (Å²) in [7, 11) is 0. The lowest BCUT2D eigenvalue weighted by Crippen LogP contribution is -2.35. The minimum atomic E-state index is -2.50. The van der Waals surface area contributed by atoms with Crippen molar-refractivity contribution in [1.82, 2.24) is 4.90 Å². The van der Waals surface area contributed by atoms with Gasteiger partial charge in [0.05, 0.1) is 11.3 Å². The predicted molar refractivity (Wildman–Crippen MR) is 104 cm³/mol. The average molecular weight is 420 g/mol. The Morgan fingerprint density at radius 2 is 1.86 bits per heavy atom. The zero-order chi connectivity index (χ0) is 20.8. The number of thioether (sulfide) groups is 1. The highest BCUT2D eigenvalue weighted by Gasteiger charge is 2.27. The van der Waals surface area contributed by atoms with Crippen LogP contribution in [0.2, 0.25) is 0 Å². The van der Waals surface area contributed by atoms with E-state index in [2.05, 4.69) is 5.32 Å². The van der Waals surface area contributed by atoms with Gasteiger partial charge in [-0.1, -0.05) is 23.9 Å². The zero-order valence-corrected chi connectivity index (χ0v) is 16.1. The first-order valence-corrected chi connectivity index (χ1v) is 9.73. The van der Waals surface area contributed by atoms with Crippen molar-refractivity contribution in [3.63, 3.8) is 0 Å². The smallest absolute Gasteiger partial charge is 0.340 e. The second-order valence-corrected chi connectivity index (χ2v) is 7.26. The molecule has 0 spiro atoms. The second-order valence-electron chi connectivity index (χ2n) is 6.19. The molecule has 1 fully saturated rings. The van der Waals surface area contributed by atoms with Crippen LogP contribution in [-0.4, -0.2) is 41.6 Å². The summed E-state index contributed by atoms with van der Waals surface area (Å²) in [5.74, 6) is -4.01. The first-order valence-electron chi connectivity index (χ1n) is 8.85. The number of amides is 2. The van der Waals surface area contributed by atoms with Gasteiger partial charge in [0.25, 0.3) is 11.7 Å². The molecular weight excluding hydrogens is 402 g/mol. The lowest BCUT2D eigenvalue weighted by Gasteiger charge is -2.15. The first kappa shape index (κ1) is 20.8. The lowest BCUT2D eigenvalue weighted by molar-refractivity contribution is -0.143. The van der Waals surface area contributed by atoms with Crippen molar-refractivity contribution in [2.75, 3.05) is 18.5 Å². The molecule has 2 aromatic rings. The number of hydrogen-bond acceptors (Lipinski definition) is 6. The highest BCUT2D eigenvalue weighted by Crippen LogP contribution is 2.28. The van der Waals surface area contributed by atoms with E-state index in [0.29, 0.717) is 47.4 Å². The molecular formula is C20H18F2N2O4S. The topological polar surface area (TPSA) is 75.7 Å². The molecule has 152 valence electrons. The molecule has 0 saturated carbocycles. The monoisotopic (exact) mass is 420 g/mol. The fraction of sp³-hybridized carbons (Fsp3) is 0.250. The zero-order valence-electron chi connectivity index (χ0n) is 15.3. The summed E-state index contributed by atoms with van der Waals surface area (Å²) in [5, 5.41) is 3.04. The number of esters is 1. The summed E-state index contributed by atoms with van der Waals surface area (Å²) < 4.78 is 29.9. The van der Waals surface area contributed by atoms with E-state index < -0.39 is 24.2 Å². The van der Waals surface area contributed by atoms with Gasteiger partial charge in [-0.15, -0.1) is 0 Å². The van der Waals surface area contributed by atoms with E-state index in [1.54, 1.807) is 42.5 Å². The van der Waals surface area contributed by atoms with E-state index in [0.717, 1.165) is 4.90 Å². The minimum absolute atomic E-state index is 0.207. The number of carbonyl (C=O) groups is 3. The van der Waals surface area contributed by atoms with Crippen molar-refractivity contribution < 1.29 is 27.9 Å². The third-order valence-electron chi connectivity index (χ3n) is 4.21. The van der Waals surface area contributed by atoms with Crippen molar-refractivity contribution in [1.29, 1.82) is 0 Å². The Kier molecular flexibility index (Phi) is 6.82. The standard InChI is InChI=1S/C20H18F2N2O4S/c21-20(22)29-14-9-7-13(8-10-14)23-16-5-2-1-4-15(16)19(27)28-12-18(26)24-11-3-6-17(24)25/h1-2,4-5,7-10,20,23H,3,6,11-12H2. The van der Waals surface area contributed by atoms with Gasteiger partial charge in [0, 0.05) is 23.5 Å². The molecule has 2 aromatic carbocycles. The Bertz CT molecular complexity index is 906. The number of likely N-dealkylation sites (tertiary alicyclic amines) is 1. The Morgan fingerprint density at radius 1 is 1.14 bits per heavy atom. The number of carbonyl (C=O) groups excluding carboxylic acids is 3. The van der Waals surface area contributed by atoms with E-state index in [9.17, 15) is 23.2 Å². The van der Waals surface area contributed by atoms with Crippen LogP contribution < -0.4 is 5.32 Å². The average Bonchev–Trinajstić information content (AvgIpc) is 3.13. The number of para-hydroxylation sites is 1. The van der Waals surface area contributed by atoms with Gasteiger partial charge in [-0.3, -0.25) is 14.5 Å². The molecule has 3 rings (SSSR count). The molecule has 0 bridgehead atoms. The van der Waals surface area contributed by atoms with E-state index in [-0.39, 0.29) is 11.5 Å². The fourth-order valence-electron chi connectivity index (χ4n) is 2.84. The van der Waals surface area contributed by atoms with Gasteiger partial charge in [-0.2, -0.15) is 8.78 Å². The summed E-state index contributed by atoms with van der Waals surface area (Å²) in [6.07, 6.45) is 0.931. The molecule has 1 aliphatic rings. The predicted octanol–water partition coefficient (Wildman–Crippen LogP) is 4.05. The van der Waals surface area contributed by atoms with Crippen molar-refractivity contribution in [3.05, 3.63) is 54.1 Å².